The maximum atomic E-state index is 11.6. The van der Waals surface area contributed by atoms with E-state index in [0.717, 1.165) is 5.09 Å². The summed E-state index contributed by atoms with van der Waals surface area (Å²) < 4.78 is 5.29. The van der Waals surface area contributed by atoms with Gasteiger partial charge in [-0.15, -0.1) is 0 Å². The highest BCUT2D eigenvalue weighted by Gasteiger charge is 2.11. The number of likely N-dealkylation sites (N-methyl/N-ethyl adjacent to an activating group) is 1. The number of furan rings is 1. The van der Waals surface area contributed by atoms with Crippen LogP contribution in [0.5, 0.6) is 0 Å². The molecular weight excluding hydrogens is 212 g/mol. The minimum Gasteiger partial charge on any atom is -0.445 e. The zero-order chi connectivity index (χ0) is 11.3. The van der Waals surface area contributed by atoms with Gasteiger partial charge in [-0.2, -0.15) is 0 Å². The molecule has 0 bridgehead atoms. The largest absolute Gasteiger partial charge is 0.445 e. The Hall–Kier alpha value is -0.940. The van der Waals surface area contributed by atoms with Crippen LogP contribution in [0.2, 0.25) is 0 Å². The number of amides is 1. The van der Waals surface area contributed by atoms with E-state index in [9.17, 15) is 4.79 Å². The van der Waals surface area contributed by atoms with Crippen molar-refractivity contribution < 1.29 is 9.21 Å². The second kappa shape index (κ2) is 5.82. The first-order chi connectivity index (χ1) is 7.17. The van der Waals surface area contributed by atoms with Crippen LogP contribution in [0, 0.1) is 0 Å². The van der Waals surface area contributed by atoms with Gasteiger partial charge in [0.25, 0.3) is 5.91 Å². The lowest BCUT2D eigenvalue weighted by molar-refractivity contribution is 0.0918. The molecule has 1 heterocycles. The molecule has 1 rings (SSSR count). The van der Waals surface area contributed by atoms with Crippen molar-refractivity contribution in [1.29, 1.82) is 0 Å². The number of nitrogens with one attached hydrogen (secondary N) is 2. The Morgan fingerprint density at radius 1 is 1.60 bits per heavy atom. The van der Waals surface area contributed by atoms with Crippen LogP contribution in [-0.4, -0.2) is 31.8 Å². The summed E-state index contributed by atoms with van der Waals surface area (Å²) in [7, 11) is 1.86. The Morgan fingerprint density at radius 3 is 2.87 bits per heavy atom. The summed E-state index contributed by atoms with van der Waals surface area (Å²) in [4.78, 5) is 11.6. The highest BCUT2D eigenvalue weighted by molar-refractivity contribution is 7.98. The summed E-state index contributed by atoms with van der Waals surface area (Å²) in [5.41, 5.74) is 0. The summed E-state index contributed by atoms with van der Waals surface area (Å²) in [5, 5.41) is 6.57. The van der Waals surface area contributed by atoms with Crippen molar-refractivity contribution >= 4 is 17.7 Å². The first-order valence-corrected chi connectivity index (χ1v) is 5.99. The Balaban J connectivity index is 2.46. The molecule has 5 heteroatoms. The molecule has 1 atom stereocenters. The van der Waals surface area contributed by atoms with Crippen molar-refractivity contribution in [3.8, 4) is 0 Å². The van der Waals surface area contributed by atoms with Crippen molar-refractivity contribution in [2.45, 2.75) is 18.1 Å². The van der Waals surface area contributed by atoms with Crippen molar-refractivity contribution in [3.63, 3.8) is 0 Å². The van der Waals surface area contributed by atoms with Gasteiger partial charge in [-0.05, 0) is 32.4 Å². The summed E-state index contributed by atoms with van der Waals surface area (Å²) in [5.74, 6) is 0.194. The predicted molar refractivity (Wildman–Crippen MR) is 61.3 cm³/mol. The van der Waals surface area contributed by atoms with Gasteiger partial charge in [-0.3, -0.25) is 4.79 Å². The Bertz CT molecular complexity index is 325. The number of hydrogen-bond acceptors (Lipinski definition) is 4. The second-order valence-electron chi connectivity index (χ2n) is 3.22. The van der Waals surface area contributed by atoms with E-state index >= 15 is 0 Å². The molecular formula is C10H16N2O2S. The normalized spacial score (nSPS) is 12.5. The van der Waals surface area contributed by atoms with E-state index in [4.69, 9.17) is 4.42 Å². The molecule has 1 aromatic rings. The van der Waals surface area contributed by atoms with Gasteiger partial charge < -0.3 is 15.1 Å². The summed E-state index contributed by atoms with van der Waals surface area (Å²) in [6.07, 6.45) is 1.91. The smallest absolute Gasteiger partial charge is 0.287 e. The second-order valence-corrected chi connectivity index (χ2v) is 4.03. The Labute approximate surface area is 93.8 Å². The molecule has 0 fully saturated rings. The van der Waals surface area contributed by atoms with Gasteiger partial charge in [0.05, 0.1) is 0 Å². The van der Waals surface area contributed by atoms with Gasteiger partial charge in [0.15, 0.2) is 10.9 Å². The maximum Gasteiger partial charge on any atom is 0.287 e. The monoisotopic (exact) mass is 228 g/mol. The maximum absolute atomic E-state index is 11.6. The highest BCUT2D eigenvalue weighted by atomic mass is 32.2. The molecule has 1 amide bonds. The van der Waals surface area contributed by atoms with Gasteiger partial charge in [0.2, 0.25) is 0 Å². The lowest BCUT2D eigenvalue weighted by atomic mass is 10.3. The summed E-state index contributed by atoms with van der Waals surface area (Å²) in [6.45, 7) is 2.58. The molecule has 0 aliphatic carbocycles. The molecule has 1 aromatic heterocycles. The number of thioether (sulfide) groups is 1. The van der Waals surface area contributed by atoms with Gasteiger partial charge in [-0.1, -0.05) is 11.8 Å². The fraction of sp³-hybridized carbons (Fsp3) is 0.500. The van der Waals surface area contributed by atoms with Crippen LogP contribution >= 0.6 is 11.8 Å². The Kier molecular flexibility index (Phi) is 4.71. The first kappa shape index (κ1) is 12.1. The molecule has 0 saturated heterocycles. The van der Waals surface area contributed by atoms with Crippen LogP contribution in [0.25, 0.3) is 0 Å². The molecule has 4 nitrogen and oxygen atoms in total. The molecule has 0 aliphatic rings. The molecule has 0 radical (unpaired) electrons. The zero-order valence-corrected chi connectivity index (χ0v) is 9.98. The van der Waals surface area contributed by atoms with Crippen LogP contribution in [0.3, 0.4) is 0 Å². The molecule has 0 spiro atoms. The summed E-state index contributed by atoms with van der Waals surface area (Å²) in [6, 6.07) is 3.73. The van der Waals surface area contributed by atoms with Crippen LogP contribution in [-0.2, 0) is 0 Å². The van der Waals surface area contributed by atoms with E-state index in [1.54, 1.807) is 12.1 Å². The third-order valence-electron chi connectivity index (χ3n) is 2.07. The number of hydrogen-bond donors (Lipinski definition) is 2. The highest BCUT2D eigenvalue weighted by Crippen LogP contribution is 2.17. The zero-order valence-electron chi connectivity index (χ0n) is 9.16. The van der Waals surface area contributed by atoms with E-state index in [1.807, 2.05) is 20.2 Å². The van der Waals surface area contributed by atoms with Gasteiger partial charge in [-0.25, -0.2) is 0 Å². The standard InChI is InChI=1S/C10H16N2O2S/c1-7(11-2)6-12-10(13)8-4-5-9(14-8)15-3/h4-5,7,11H,6H2,1-3H3,(H,12,13). The van der Waals surface area contributed by atoms with Crippen molar-refractivity contribution in [2.24, 2.45) is 0 Å². The van der Waals surface area contributed by atoms with Gasteiger partial charge in [0.1, 0.15) is 0 Å². The van der Waals surface area contributed by atoms with Crippen LogP contribution < -0.4 is 10.6 Å². The minimum absolute atomic E-state index is 0.169. The Morgan fingerprint density at radius 2 is 2.33 bits per heavy atom. The van der Waals surface area contributed by atoms with E-state index in [1.165, 1.54) is 11.8 Å². The lowest BCUT2D eigenvalue weighted by Gasteiger charge is -2.09. The molecule has 1 unspecified atom stereocenters. The fourth-order valence-corrected chi connectivity index (χ4v) is 1.36. The molecule has 2 N–H and O–H groups in total. The summed E-state index contributed by atoms with van der Waals surface area (Å²) >= 11 is 1.48. The van der Waals surface area contributed by atoms with Crippen molar-refractivity contribution in [2.75, 3.05) is 19.8 Å². The van der Waals surface area contributed by atoms with Crippen LogP contribution in [0.1, 0.15) is 17.5 Å². The van der Waals surface area contributed by atoms with Crippen LogP contribution in [0.4, 0.5) is 0 Å². The van der Waals surface area contributed by atoms with Crippen molar-refractivity contribution in [1.82, 2.24) is 10.6 Å². The fourth-order valence-electron chi connectivity index (χ4n) is 0.987. The third-order valence-corrected chi connectivity index (χ3v) is 2.69. The first-order valence-electron chi connectivity index (χ1n) is 4.76. The van der Waals surface area contributed by atoms with Crippen LogP contribution in [0.15, 0.2) is 21.6 Å². The van der Waals surface area contributed by atoms with E-state index in [-0.39, 0.29) is 11.9 Å². The molecule has 0 aliphatic heterocycles. The minimum atomic E-state index is -0.169. The number of carbonyl (C=O) groups is 1. The lowest BCUT2D eigenvalue weighted by Crippen LogP contribution is -2.37. The van der Waals surface area contributed by atoms with Crippen molar-refractivity contribution in [3.05, 3.63) is 17.9 Å². The topological polar surface area (TPSA) is 54.3 Å². The molecule has 0 saturated carbocycles. The van der Waals surface area contributed by atoms with E-state index in [0.29, 0.717) is 12.3 Å². The SMILES string of the molecule is CNC(C)CNC(=O)c1ccc(SC)o1. The van der Waals surface area contributed by atoms with E-state index in [2.05, 4.69) is 10.6 Å². The number of carbonyl (C=O) groups excluding carboxylic acids is 1. The third kappa shape index (κ3) is 3.60. The molecule has 15 heavy (non-hydrogen) atoms. The quantitative estimate of drug-likeness (QED) is 0.747. The molecule has 84 valence electrons. The average molecular weight is 228 g/mol. The number of rotatable bonds is 5. The van der Waals surface area contributed by atoms with E-state index < -0.39 is 0 Å². The average Bonchev–Trinajstić information content (AvgIpc) is 2.73. The van der Waals surface area contributed by atoms with Gasteiger partial charge >= 0.3 is 0 Å². The molecule has 0 aromatic carbocycles. The van der Waals surface area contributed by atoms with Gasteiger partial charge in [0, 0.05) is 12.6 Å². The predicted octanol–water partition coefficient (Wildman–Crippen LogP) is 1.34.